The Bertz CT molecular complexity index is 11900. The van der Waals surface area contributed by atoms with Crippen molar-refractivity contribution in [3.8, 4) is 159 Å². The van der Waals surface area contributed by atoms with E-state index < -0.39 is 68.9 Å². The van der Waals surface area contributed by atoms with Crippen LogP contribution in [0.4, 0.5) is 0 Å². The molecule has 13 nitrogen and oxygen atoms in total. The molecule has 0 N–H and O–H groups in total. The summed E-state index contributed by atoms with van der Waals surface area (Å²) in [5.74, 6) is 3.90. The van der Waals surface area contributed by atoms with E-state index in [1.807, 2.05) is 103 Å². The van der Waals surface area contributed by atoms with Gasteiger partial charge in [-0.1, -0.05) is 30.3 Å². The molecule has 16 heteroatoms. The summed E-state index contributed by atoms with van der Waals surface area (Å²) in [4.78, 5) is 50.7. The van der Waals surface area contributed by atoms with Crippen LogP contribution < -0.4 is 0 Å². The summed E-state index contributed by atoms with van der Waals surface area (Å²) in [5, 5.41) is 18.5. The van der Waals surface area contributed by atoms with Crippen LogP contribution in [0.1, 0.15) is 16.4 Å². The van der Waals surface area contributed by atoms with Gasteiger partial charge in [-0.05, 0) is 12.1 Å². The van der Waals surface area contributed by atoms with Gasteiger partial charge in [0.15, 0.2) is 0 Å². The molecule has 22 aromatic carbocycles. The standard InChI is InChI=1S/C49H28N4Se.C43H24N4Se.C42H24N4OSe/c1-3-13-29(14-4-1)32-20-10-23-37-38-24-11-25-39(46(38)54-45(32)37)48-50-47(31-15-5-2-6-16-31)51-49(52-48)53-40-26-12-22-36-34-19-8-7-18-33(34)35-21-9-17-30-27-28-41(53)44(42(30)35)43(36)40;1-2-11-26(12-3-1)41-44-42(33-20-9-19-32-29-16-6-7-22-36(29)48-40(32)33)46-43(45-41)47-34-21-10-18-31-28-15-5-4-14-27(28)30-17-8-13-25-23-24-35(47)39(37(25)30)38(31)34;1-3-10-27(11-4-1)39-44-40(46-41(45-39)32-16-9-15-31-30-14-7-8-17-35(30)48-38(31)32)29-21-19-25-18-20-26-22-23-34-37(36(26)33(25)24-29)47-42(43-34)28-12-5-2-6-13-28/h1-28H;2*1-24H/i;;1D,3D,4D,7D,8D,9D,10D,11D,14D,15D,16D,17D. The molecule has 0 radical (unpaired) electrons. The fraction of sp³-hybridized carbons (Fsp3) is 0. The van der Waals surface area contributed by atoms with E-state index in [0.29, 0.717) is 57.7 Å². The second kappa shape index (κ2) is 34.6. The van der Waals surface area contributed by atoms with Crippen LogP contribution in [0, 0.1) is 0 Å². The van der Waals surface area contributed by atoms with E-state index in [-0.39, 0.29) is 95.0 Å². The summed E-state index contributed by atoms with van der Waals surface area (Å²) in [7, 11) is 0. The second-order valence-corrected chi connectivity index (χ2v) is 43.8. The summed E-state index contributed by atoms with van der Waals surface area (Å²) >= 11 is -0.708. The molecule has 0 saturated heterocycles. The molecule has 0 unspecified atom stereocenters. The van der Waals surface area contributed by atoms with Crippen LogP contribution in [0.2, 0.25) is 0 Å². The molecule has 0 bridgehead atoms. The molecule has 0 aliphatic heterocycles. The van der Waals surface area contributed by atoms with Crippen molar-refractivity contribution in [3.05, 3.63) is 461 Å². The van der Waals surface area contributed by atoms with Crippen LogP contribution in [0.3, 0.4) is 0 Å². The fourth-order valence-corrected chi connectivity index (χ4v) is 30.0. The minimum absolute atomic E-state index is 0.00248. The molecule has 0 atom stereocenters. The van der Waals surface area contributed by atoms with Gasteiger partial charge in [0.05, 0.1) is 0 Å². The number of benzene rings is 22. The third kappa shape index (κ3) is 13.7. The molecular formula is C134H76N12OSe3. The molecule has 696 valence electrons. The van der Waals surface area contributed by atoms with Gasteiger partial charge in [-0.2, -0.15) is 0 Å². The van der Waals surface area contributed by atoms with Gasteiger partial charge < -0.3 is 0 Å². The molecule has 9 aromatic heterocycles. The summed E-state index contributed by atoms with van der Waals surface area (Å²) in [6.07, 6.45) is 0. The first-order chi connectivity index (χ1) is 79.4. The SMILES string of the molecule is [2H]c1c([2H])c([2H])c(-c2nc(-c3ccc4ccc5ccc6nc(-c7ccccc7)oc6c5c4c3)nc(-c3c([2H])c([2H])c([2H])c4c3[se]c3c([2H])c([2H])c([2H])c([2H])c34)n2)c([2H])c1[2H].c1ccc(-c2nc(-c3cccc4c3[se]c3c(-c5ccccc5)cccc34)nc(-n3c4cccc5c4c4c6c(cccc6ccc43)-c3ccccc3-5)n2)cc1.c1ccc(-c2nc(-c3cccc4c3[se]c3ccccc34)nc(-n3c4cccc5c4c4c6c(cccc6ccc43)-c3ccccc3-5)n2)cc1. The van der Waals surface area contributed by atoms with Gasteiger partial charge in [-0.25, -0.2) is 0 Å². The fourth-order valence-electron chi connectivity index (χ4n) is 22.4. The van der Waals surface area contributed by atoms with E-state index >= 15 is 0 Å². The topological polar surface area (TPSA) is 152 Å². The van der Waals surface area contributed by atoms with E-state index in [0.717, 1.165) is 71.4 Å². The van der Waals surface area contributed by atoms with Crippen molar-refractivity contribution in [1.29, 1.82) is 0 Å². The van der Waals surface area contributed by atoms with E-state index in [1.165, 1.54) is 137 Å². The number of oxazole rings is 1. The van der Waals surface area contributed by atoms with Crippen LogP contribution >= 0.6 is 0 Å². The van der Waals surface area contributed by atoms with E-state index in [4.69, 9.17) is 64.4 Å². The number of aromatic nitrogens is 12. The van der Waals surface area contributed by atoms with Crippen LogP contribution in [0.15, 0.2) is 465 Å². The molecule has 0 spiro atoms. The molecule has 33 rings (SSSR count). The number of hydrogen-bond donors (Lipinski definition) is 0. The number of fused-ring (bicyclic) bond motifs is 20. The number of hydrogen-bond acceptors (Lipinski definition) is 11. The zero-order chi connectivity index (χ0) is 109. The van der Waals surface area contributed by atoms with Crippen LogP contribution in [-0.2, 0) is 0 Å². The van der Waals surface area contributed by atoms with Crippen molar-refractivity contribution in [3.63, 3.8) is 0 Å². The Morgan fingerprint density at radius 2 is 0.593 bits per heavy atom. The average molecular weight is 2120 g/mol. The van der Waals surface area contributed by atoms with Crippen molar-refractivity contribution in [2.24, 2.45) is 0 Å². The van der Waals surface area contributed by atoms with E-state index in [2.05, 4.69) is 293 Å². The normalized spacial score (nSPS) is 13.1. The molecule has 9 heterocycles. The quantitative estimate of drug-likeness (QED) is 0.0898. The zero-order valence-electron chi connectivity index (χ0n) is 90.9. The minimum atomic E-state index is -0.914. The van der Waals surface area contributed by atoms with Crippen LogP contribution in [0.5, 0.6) is 0 Å². The maximum absolute atomic E-state index is 9.17. The number of nitrogens with zero attached hydrogens (tertiary/aromatic N) is 12. The molecule has 0 amide bonds. The average Bonchev–Trinajstić information content (AvgIpc) is 1.54. The molecule has 31 aromatic rings. The molecule has 2 aliphatic carbocycles. The van der Waals surface area contributed by atoms with Gasteiger partial charge in [-0.3, -0.25) is 0 Å². The maximum atomic E-state index is 9.17. The summed E-state index contributed by atoms with van der Waals surface area (Å²) in [6.45, 7) is 0. The van der Waals surface area contributed by atoms with Gasteiger partial charge in [0, 0.05) is 5.56 Å². The van der Waals surface area contributed by atoms with Gasteiger partial charge in [0.1, 0.15) is 0 Å². The van der Waals surface area contributed by atoms with Gasteiger partial charge in [0.25, 0.3) is 0 Å². The molecule has 150 heavy (non-hydrogen) atoms. The molecule has 0 fully saturated rings. The van der Waals surface area contributed by atoms with Crippen LogP contribution in [0.25, 0.3) is 314 Å². The van der Waals surface area contributed by atoms with Gasteiger partial charge >= 0.3 is 850 Å². The Labute approximate surface area is 891 Å². The van der Waals surface area contributed by atoms with Crippen molar-refractivity contribution in [2.75, 3.05) is 0 Å². The van der Waals surface area contributed by atoms with Crippen molar-refractivity contribution < 1.29 is 20.9 Å². The first kappa shape index (κ1) is 74.4. The molecule has 0 saturated carbocycles. The Kier molecular flexibility index (Phi) is 17.2. The third-order valence-corrected chi connectivity index (χ3v) is 36.6. The number of rotatable bonds is 11. The van der Waals surface area contributed by atoms with Crippen molar-refractivity contribution in [1.82, 2.24) is 59.0 Å². The first-order valence-electron chi connectivity index (χ1n) is 55.2. The third-order valence-electron chi connectivity index (χ3n) is 29.0. The monoisotopic (exact) mass is 2120 g/mol. The predicted molar refractivity (Wildman–Crippen MR) is 619 cm³/mol. The zero-order valence-corrected chi connectivity index (χ0v) is 84.1. The predicted octanol–water partition coefficient (Wildman–Crippen LogP) is 33.0. The van der Waals surface area contributed by atoms with Crippen LogP contribution in [-0.4, -0.2) is 102 Å². The van der Waals surface area contributed by atoms with Crippen molar-refractivity contribution in [2.45, 2.75) is 0 Å². The summed E-state index contributed by atoms with van der Waals surface area (Å²) in [5.41, 5.74) is 23.0. The Morgan fingerprint density at radius 3 is 1.19 bits per heavy atom. The second-order valence-electron chi connectivity index (χ2n) is 37.3. The van der Waals surface area contributed by atoms with E-state index in [1.54, 1.807) is 6.07 Å². The van der Waals surface area contributed by atoms with Crippen molar-refractivity contribution >= 4 is 199 Å². The Hall–Kier alpha value is -18.5. The Morgan fingerprint density at radius 1 is 0.200 bits per heavy atom. The van der Waals surface area contributed by atoms with Gasteiger partial charge in [-0.15, -0.1) is 0 Å². The molecular weight excluding hydrogens is 2030 g/mol. The first-order valence-corrected chi connectivity index (χ1v) is 54.3. The van der Waals surface area contributed by atoms with Gasteiger partial charge in [0.2, 0.25) is 0 Å². The van der Waals surface area contributed by atoms with E-state index in [9.17, 15) is 1.37 Å². The Balaban J connectivity index is 0.000000107. The summed E-state index contributed by atoms with van der Waals surface area (Å²) < 4.78 is 121. The molecule has 2 aliphatic rings. The summed E-state index contributed by atoms with van der Waals surface area (Å²) in [6, 6.07) is 130.